The van der Waals surface area contributed by atoms with Gasteiger partial charge in [0, 0.05) is 6.54 Å². The Bertz CT molecular complexity index is 476. The van der Waals surface area contributed by atoms with Crippen molar-refractivity contribution in [1.29, 1.82) is 0 Å². The largest absolute Gasteiger partial charge is 0.352 e. The van der Waals surface area contributed by atoms with Crippen LogP contribution in [0.15, 0.2) is 12.1 Å². The van der Waals surface area contributed by atoms with Gasteiger partial charge in [0.15, 0.2) is 0 Å². The first-order valence-corrected chi connectivity index (χ1v) is 6.59. The van der Waals surface area contributed by atoms with E-state index in [1.807, 2.05) is 0 Å². The maximum absolute atomic E-state index is 13.5. The highest BCUT2D eigenvalue weighted by Gasteiger charge is 2.18. The second kappa shape index (κ2) is 6.30. The first kappa shape index (κ1) is 14.2. The van der Waals surface area contributed by atoms with Crippen LogP contribution in [0.4, 0.5) is 8.78 Å². The molecule has 0 spiro atoms. The predicted molar refractivity (Wildman–Crippen MR) is 69.3 cm³/mol. The minimum Gasteiger partial charge on any atom is -0.352 e. The first-order valence-electron chi connectivity index (χ1n) is 6.21. The second-order valence-electron chi connectivity index (χ2n) is 4.65. The van der Waals surface area contributed by atoms with Gasteiger partial charge in [-0.1, -0.05) is 11.6 Å². The van der Waals surface area contributed by atoms with E-state index in [0.29, 0.717) is 12.5 Å². The molecular formula is C13H15ClF2N2O. The van der Waals surface area contributed by atoms with Gasteiger partial charge in [-0.25, -0.2) is 8.78 Å². The molecule has 1 aromatic rings. The monoisotopic (exact) mass is 288 g/mol. The van der Waals surface area contributed by atoms with E-state index in [4.69, 9.17) is 11.6 Å². The number of nitrogens with one attached hydrogen (secondary N) is 2. The van der Waals surface area contributed by atoms with Gasteiger partial charge in [0.05, 0.1) is 10.6 Å². The molecule has 1 aliphatic rings. The van der Waals surface area contributed by atoms with E-state index in [-0.39, 0.29) is 10.6 Å². The molecule has 1 fully saturated rings. The van der Waals surface area contributed by atoms with Crippen LogP contribution in [0.5, 0.6) is 0 Å². The van der Waals surface area contributed by atoms with Gasteiger partial charge < -0.3 is 10.6 Å². The minimum absolute atomic E-state index is 0.309. The van der Waals surface area contributed by atoms with E-state index < -0.39 is 17.5 Å². The summed E-state index contributed by atoms with van der Waals surface area (Å²) < 4.78 is 26.8. The molecule has 1 aliphatic heterocycles. The van der Waals surface area contributed by atoms with Crippen LogP contribution in [0.3, 0.4) is 0 Å². The molecule has 2 rings (SSSR count). The molecule has 0 atom stereocenters. The standard InChI is InChI=1S/C13H15ClF2N2O/c14-10-6-11(15)9(5-12(10)16)13(19)18-7-8-1-3-17-4-2-8/h5-6,8,17H,1-4,7H2,(H,18,19). The summed E-state index contributed by atoms with van der Waals surface area (Å²) in [6, 6.07) is 1.64. The lowest BCUT2D eigenvalue weighted by Crippen LogP contribution is -2.36. The summed E-state index contributed by atoms with van der Waals surface area (Å²) in [7, 11) is 0. The van der Waals surface area contributed by atoms with Gasteiger partial charge >= 0.3 is 0 Å². The van der Waals surface area contributed by atoms with Crippen molar-refractivity contribution in [1.82, 2.24) is 10.6 Å². The third-order valence-electron chi connectivity index (χ3n) is 3.26. The highest BCUT2D eigenvalue weighted by molar-refractivity contribution is 6.30. The Hall–Kier alpha value is -1.20. The highest BCUT2D eigenvalue weighted by Crippen LogP contribution is 2.19. The van der Waals surface area contributed by atoms with E-state index in [1.165, 1.54) is 0 Å². The molecule has 19 heavy (non-hydrogen) atoms. The number of carbonyl (C=O) groups is 1. The van der Waals surface area contributed by atoms with Crippen LogP contribution >= 0.6 is 11.6 Å². The van der Waals surface area contributed by atoms with Crippen molar-refractivity contribution in [2.75, 3.05) is 19.6 Å². The molecule has 0 radical (unpaired) electrons. The van der Waals surface area contributed by atoms with Crippen molar-refractivity contribution in [2.45, 2.75) is 12.8 Å². The Morgan fingerprint density at radius 2 is 2.00 bits per heavy atom. The van der Waals surface area contributed by atoms with Crippen LogP contribution in [0, 0.1) is 17.6 Å². The highest BCUT2D eigenvalue weighted by atomic mass is 35.5. The van der Waals surface area contributed by atoms with Crippen LogP contribution in [0.2, 0.25) is 5.02 Å². The SMILES string of the molecule is O=C(NCC1CCNCC1)c1cc(F)c(Cl)cc1F. The number of carbonyl (C=O) groups excluding carboxylic acids is 1. The Morgan fingerprint density at radius 3 is 2.68 bits per heavy atom. The lowest BCUT2D eigenvalue weighted by atomic mass is 9.98. The third kappa shape index (κ3) is 3.64. The van der Waals surface area contributed by atoms with Crippen LogP contribution in [0.1, 0.15) is 23.2 Å². The van der Waals surface area contributed by atoms with Gasteiger partial charge in [0.1, 0.15) is 11.6 Å². The molecule has 1 heterocycles. The molecular weight excluding hydrogens is 274 g/mol. The van der Waals surface area contributed by atoms with Crippen molar-refractivity contribution < 1.29 is 13.6 Å². The maximum Gasteiger partial charge on any atom is 0.254 e. The zero-order chi connectivity index (χ0) is 13.8. The smallest absolute Gasteiger partial charge is 0.254 e. The summed E-state index contributed by atoms with van der Waals surface area (Å²) in [5, 5.41) is 5.53. The van der Waals surface area contributed by atoms with Crippen molar-refractivity contribution >= 4 is 17.5 Å². The van der Waals surface area contributed by atoms with Crippen molar-refractivity contribution in [3.63, 3.8) is 0 Å². The van der Waals surface area contributed by atoms with E-state index in [1.54, 1.807) is 0 Å². The molecule has 1 aromatic carbocycles. The zero-order valence-corrected chi connectivity index (χ0v) is 11.1. The number of hydrogen-bond donors (Lipinski definition) is 2. The van der Waals surface area contributed by atoms with E-state index >= 15 is 0 Å². The fraction of sp³-hybridized carbons (Fsp3) is 0.462. The van der Waals surface area contributed by atoms with Crippen molar-refractivity contribution in [3.05, 3.63) is 34.4 Å². The normalized spacial score (nSPS) is 16.4. The van der Waals surface area contributed by atoms with Gasteiger partial charge in [-0.15, -0.1) is 0 Å². The number of halogens is 3. The second-order valence-corrected chi connectivity index (χ2v) is 5.06. The van der Waals surface area contributed by atoms with E-state index in [0.717, 1.165) is 38.1 Å². The summed E-state index contributed by atoms with van der Waals surface area (Å²) in [5.41, 5.74) is -0.309. The molecule has 0 bridgehead atoms. The average Bonchev–Trinajstić information content (AvgIpc) is 2.41. The summed E-state index contributed by atoms with van der Waals surface area (Å²) in [5.74, 6) is -1.83. The number of piperidine rings is 1. The van der Waals surface area contributed by atoms with Gasteiger partial charge in [-0.05, 0) is 44.0 Å². The lowest BCUT2D eigenvalue weighted by Gasteiger charge is -2.22. The van der Waals surface area contributed by atoms with Crippen LogP contribution in [-0.4, -0.2) is 25.5 Å². The summed E-state index contributed by atoms with van der Waals surface area (Å²) >= 11 is 5.44. The van der Waals surface area contributed by atoms with Gasteiger partial charge in [0.25, 0.3) is 5.91 Å². The topological polar surface area (TPSA) is 41.1 Å². The van der Waals surface area contributed by atoms with Crippen molar-refractivity contribution in [3.8, 4) is 0 Å². The van der Waals surface area contributed by atoms with E-state index in [9.17, 15) is 13.6 Å². The van der Waals surface area contributed by atoms with Gasteiger partial charge in [-0.2, -0.15) is 0 Å². The molecule has 1 amide bonds. The number of hydrogen-bond acceptors (Lipinski definition) is 2. The van der Waals surface area contributed by atoms with E-state index in [2.05, 4.69) is 10.6 Å². The molecule has 1 saturated heterocycles. The lowest BCUT2D eigenvalue weighted by molar-refractivity contribution is 0.0939. The molecule has 0 aliphatic carbocycles. The van der Waals surface area contributed by atoms with Crippen LogP contribution in [-0.2, 0) is 0 Å². The zero-order valence-electron chi connectivity index (χ0n) is 10.3. The van der Waals surface area contributed by atoms with Gasteiger partial charge in [-0.3, -0.25) is 4.79 Å². The number of benzene rings is 1. The number of amides is 1. The molecule has 6 heteroatoms. The Kier molecular flexibility index (Phi) is 4.71. The molecule has 2 N–H and O–H groups in total. The summed E-state index contributed by atoms with van der Waals surface area (Å²) in [6.07, 6.45) is 1.94. The van der Waals surface area contributed by atoms with Crippen LogP contribution in [0.25, 0.3) is 0 Å². The Labute approximate surface area is 115 Å². The Balaban J connectivity index is 1.97. The Morgan fingerprint density at radius 1 is 1.32 bits per heavy atom. The quantitative estimate of drug-likeness (QED) is 0.838. The summed E-state index contributed by atoms with van der Waals surface area (Å²) in [4.78, 5) is 11.8. The first-order chi connectivity index (χ1) is 9.08. The van der Waals surface area contributed by atoms with Gasteiger partial charge in [0.2, 0.25) is 0 Å². The minimum atomic E-state index is -0.811. The van der Waals surface area contributed by atoms with Crippen LogP contribution < -0.4 is 10.6 Å². The third-order valence-corrected chi connectivity index (χ3v) is 3.55. The molecule has 0 saturated carbocycles. The summed E-state index contributed by atoms with van der Waals surface area (Å²) in [6.45, 7) is 2.32. The number of rotatable bonds is 3. The fourth-order valence-corrected chi connectivity index (χ4v) is 2.27. The fourth-order valence-electron chi connectivity index (χ4n) is 2.11. The molecule has 0 aromatic heterocycles. The molecule has 3 nitrogen and oxygen atoms in total. The molecule has 0 unspecified atom stereocenters. The predicted octanol–water partition coefficient (Wildman–Crippen LogP) is 2.35. The van der Waals surface area contributed by atoms with Crippen molar-refractivity contribution in [2.24, 2.45) is 5.92 Å². The average molecular weight is 289 g/mol. The molecule has 104 valence electrons. The maximum atomic E-state index is 13.5.